The van der Waals surface area contributed by atoms with Crippen molar-refractivity contribution in [1.29, 1.82) is 0 Å². The van der Waals surface area contributed by atoms with E-state index in [9.17, 15) is 14.4 Å². The molecule has 4 atom stereocenters. The molecular formula is C27H34N2O7. The van der Waals surface area contributed by atoms with Gasteiger partial charge in [-0.1, -0.05) is 37.3 Å². The second kappa shape index (κ2) is 11.4. The van der Waals surface area contributed by atoms with Crippen molar-refractivity contribution in [3.05, 3.63) is 53.9 Å². The van der Waals surface area contributed by atoms with Crippen LogP contribution in [-0.4, -0.2) is 54.3 Å². The molecule has 0 unspecified atom stereocenters. The van der Waals surface area contributed by atoms with Gasteiger partial charge in [0.25, 0.3) is 5.91 Å². The van der Waals surface area contributed by atoms with E-state index in [0.717, 1.165) is 5.56 Å². The molecule has 194 valence electrons. The molecule has 1 aliphatic rings. The van der Waals surface area contributed by atoms with Crippen molar-refractivity contribution in [2.45, 2.75) is 58.8 Å². The predicted molar refractivity (Wildman–Crippen MR) is 132 cm³/mol. The average molecular weight is 499 g/mol. The number of benzene rings is 1. The summed E-state index contributed by atoms with van der Waals surface area (Å²) in [6.07, 6.45) is 1.27. The summed E-state index contributed by atoms with van der Waals surface area (Å²) in [5, 5.41) is 2.59. The van der Waals surface area contributed by atoms with Crippen LogP contribution in [0.3, 0.4) is 0 Å². The van der Waals surface area contributed by atoms with Crippen LogP contribution in [0, 0.1) is 11.8 Å². The van der Waals surface area contributed by atoms with Crippen molar-refractivity contribution in [2.75, 3.05) is 13.7 Å². The highest BCUT2D eigenvalue weighted by molar-refractivity contribution is 5.98. The molecule has 0 spiro atoms. The summed E-state index contributed by atoms with van der Waals surface area (Å²) in [7, 11) is 1.45. The molecule has 1 amide bonds. The van der Waals surface area contributed by atoms with Crippen molar-refractivity contribution in [3.8, 4) is 11.5 Å². The summed E-state index contributed by atoms with van der Waals surface area (Å²) in [5.41, 5.74) is 0.271. The van der Waals surface area contributed by atoms with Gasteiger partial charge in [-0.15, -0.1) is 0 Å². The van der Waals surface area contributed by atoms with Crippen LogP contribution in [0.1, 0.15) is 50.7 Å². The number of nitrogens with one attached hydrogen (secondary N) is 1. The zero-order chi connectivity index (χ0) is 26.5. The number of nitrogens with zero attached hydrogens (tertiary/aromatic N) is 1. The van der Waals surface area contributed by atoms with Crippen molar-refractivity contribution in [2.24, 2.45) is 11.8 Å². The van der Waals surface area contributed by atoms with E-state index in [1.807, 2.05) is 58.0 Å². The number of esters is 2. The SMILES string of the molecule is COc1ccnc(C(=O)N[C@H]2COC(=O)[C@H](Cc3ccccc3)[C@@H](C)[C@H](C)OC2=O)c1OC(C)(C)C. The summed E-state index contributed by atoms with van der Waals surface area (Å²) in [4.78, 5) is 43.3. The fourth-order valence-corrected chi connectivity index (χ4v) is 3.88. The Hall–Kier alpha value is -3.62. The second-order valence-corrected chi connectivity index (χ2v) is 9.86. The fraction of sp³-hybridized carbons (Fsp3) is 0.481. The highest BCUT2D eigenvalue weighted by atomic mass is 16.6. The molecule has 1 aromatic heterocycles. The number of amides is 1. The van der Waals surface area contributed by atoms with Gasteiger partial charge in [0, 0.05) is 18.2 Å². The standard InChI is InChI=1S/C27H34N2O7/c1-16-17(2)35-26(32)20(15-34-25(31)19(16)14-18-10-8-7-9-11-18)29-24(30)22-23(36-27(3,4)5)21(33-6)12-13-28-22/h7-13,16-17,19-20H,14-15H2,1-6H3,(H,29,30)/t16-,17-,19+,20-/m0/s1. The molecule has 1 aliphatic heterocycles. The van der Waals surface area contributed by atoms with Gasteiger partial charge < -0.3 is 24.3 Å². The maximum Gasteiger partial charge on any atom is 0.332 e. The van der Waals surface area contributed by atoms with E-state index in [0.29, 0.717) is 12.2 Å². The van der Waals surface area contributed by atoms with Crippen molar-refractivity contribution < 1.29 is 33.3 Å². The molecular weight excluding hydrogens is 464 g/mol. The summed E-state index contributed by atoms with van der Waals surface area (Å²) in [6, 6.07) is 9.93. The molecule has 2 aromatic rings. The summed E-state index contributed by atoms with van der Waals surface area (Å²) >= 11 is 0. The minimum atomic E-state index is -1.22. The molecule has 9 nitrogen and oxygen atoms in total. The van der Waals surface area contributed by atoms with E-state index in [-0.39, 0.29) is 24.0 Å². The van der Waals surface area contributed by atoms with E-state index in [4.69, 9.17) is 18.9 Å². The maximum absolute atomic E-state index is 13.2. The zero-order valence-electron chi connectivity index (χ0n) is 21.6. The Balaban J connectivity index is 1.82. The van der Waals surface area contributed by atoms with E-state index in [1.165, 1.54) is 13.3 Å². The molecule has 9 heteroatoms. The number of carbonyl (C=O) groups excluding carboxylic acids is 3. The molecule has 1 aromatic carbocycles. The summed E-state index contributed by atoms with van der Waals surface area (Å²) in [6.45, 7) is 8.69. The van der Waals surface area contributed by atoms with Crippen LogP contribution in [0.4, 0.5) is 0 Å². The van der Waals surface area contributed by atoms with E-state index >= 15 is 0 Å². The highest BCUT2D eigenvalue weighted by Gasteiger charge is 2.37. The minimum Gasteiger partial charge on any atom is -0.493 e. The Kier molecular flexibility index (Phi) is 8.55. The van der Waals surface area contributed by atoms with Gasteiger partial charge >= 0.3 is 11.9 Å². The molecule has 0 aliphatic carbocycles. The Labute approximate surface area is 211 Å². The maximum atomic E-state index is 13.2. The fourth-order valence-electron chi connectivity index (χ4n) is 3.88. The van der Waals surface area contributed by atoms with Crippen LogP contribution in [0.15, 0.2) is 42.6 Å². The molecule has 1 saturated heterocycles. The molecule has 1 N–H and O–H groups in total. The normalized spacial score (nSPS) is 22.8. The van der Waals surface area contributed by atoms with Gasteiger partial charge in [0.2, 0.25) is 0 Å². The van der Waals surface area contributed by atoms with Crippen molar-refractivity contribution in [1.82, 2.24) is 10.3 Å². The molecule has 1 fully saturated rings. The largest absolute Gasteiger partial charge is 0.493 e. The molecule has 0 bridgehead atoms. The predicted octanol–water partition coefficient (Wildman–Crippen LogP) is 3.35. The van der Waals surface area contributed by atoms with Gasteiger partial charge in [-0.25, -0.2) is 9.78 Å². The van der Waals surface area contributed by atoms with Crippen LogP contribution >= 0.6 is 0 Å². The topological polar surface area (TPSA) is 113 Å². The number of methoxy groups -OCH3 is 1. The number of cyclic esters (lactones) is 2. The average Bonchev–Trinajstić information content (AvgIpc) is 2.86. The number of hydrogen-bond acceptors (Lipinski definition) is 8. The number of ether oxygens (including phenoxy) is 4. The van der Waals surface area contributed by atoms with Crippen molar-refractivity contribution in [3.63, 3.8) is 0 Å². The third kappa shape index (κ3) is 6.74. The molecule has 3 rings (SSSR count). The highest BCUT2D eigenvalue weighted by Crippen LogP contribution is 2.33. The third-order valence-corrected chi connectivity index (χ3v) is 5.97. The number of carbonyl (C=O) groups is 3. The van der Waals surface area contributed by atoms with Gasteiger partial charge in [-0.2, -0.15) is 0 Å². The van der Waals surface area contributed by atoms with Crippen LogP contribution in [0.25, 0.3) is 0 Å². The molecule has 36 heavy (non-hydrogen) atoms. The number of hydrogen-bond donors (Lipinski definition) is 1. The number of rotatable bonds is 6. The van der Waals surface area contributed by atoms with E-state index < -0.39 is 41.5 Å². The Morgan fingerprint density at radius 1 is 1.11 bits per heavy atom. The monoisotopic (exact) mass is 498 g/mol. The van der Waals surface area contributed by atoms with Crippen LogP contribution in [-0.2, 0) is 25.5 Å². The van der Waals surface area contributed by atoms with E-state index in [1.54, 1.807) is 13.0 Å². The van der Waals surface area contributed by atoms with Gasteiger partial charge in [0.15, 0.2) is 23.2 Å². The Morgan fingerprint density at radius 2 is 1.81 bits per heavy atom. The lowest BCUT2D eigenvalue weighted by Crippen LogP contribution is -2.46. The number of aromatic nitrogens is 1. The van der Waals surface area contributed by atoms with Gasteiger partial charge in [-0.3, -0.25) is 9.59 Å². The first-order valence-electron chi connectivity index (χ1n) is 11.9. The Morgan fingerprint density at radius 3 is 2.44 bits per heavy atom. The smallest absolute Gasteiger partial charge is 0.332 e. The quantitative estimate of drug-likeness (QED) is 0.604. The summed E-state index contributed by atoms with van der Waals surface area (Å²) < 4.78 is 22.4. The third-order valence-electron chi connectivity index (χ3n) is 5.97. The first-order chi connectivity index (χ1) is 17.0. The lowest BCUT2D eigenvalue weighted by molar-refractivity contribution is -0.153. The van der Waals surface area contributed by atoms with Crippen LogP contribution in [0.2, 0.25) is 0 Å². The molecule has 2 heterocycles. The summed E-state index contributed by atoms with van der Waals surface area (Å²) in [5.74, 6) is -2.20. The second-order valence-electron chi connectivity index (χ2n) is 9.86. The van der Waals surface area contributed by atoms with Crippen LogP contribution in [0.5, 0.6) is 11.5 Å². The number of pyridine rings is 1. The lowest BCUT2D eigenvalue weighted by atomic mass is 9.85. The van der Waals surface area contributed by atoms with Gasteiger partial charge in [-0.05, 0) is 39.7 Å². The minimum absolute atomic E-state index is 0.0633. The van der Waals surface area contributed by atoms with E-state index in [2.05, 4.69) is 10.3 Å². The lowest BCUT2D eigenvalue weighted by Gasteiger charge is -2.26. The van der Waals surface area contributed by atoms with Gasteiger partial charge in [0.05, 0.1) is 13.0 Å². The zero-order valence-corrected chi connectivity index (χ0v) is 21.6. The Bertz CT molecular complexity index is 1080. The van der Waals surface area contributed by atoms with Gasteiger partial charge in [0.1, 0.15) is 18.3 Å². The first-order valence-corrected chi connectivity index (χ1v) is 11.9. The molecule has 0 saturated carbocycles. The first kappa shape index (κ1) is 27.0. The van der Waals surface area contributed by atoms with Crippen molar-refractivity contribution >= 4 is 17.8 Å². The van der Waals surface area contributed by atoms with Crippen LogP contribution < -0.4 is 14.8 Å². The molecule has 0 radical (unpaired) electrons.